The van der Waals surface area contributed by atoms with Crippen molar-refractivity contribution in [1.29, 1.82) is 0 Å². The fourth-order valence-electron chi connectivity index (χ4n) is 3.47. The molecule has 3 aromatic rings. The van der Waals surface area contributed by atoms with E-state index in [1.807, 2.05) is 6.92 Å². The van der Waals surface area contributed by atoms with E-state index >= 15 is 0 Å². The summed E-state index contributed by atoms with van der Waals surface area (Å²) in [6.45, 7) is 3.16. The second kappa shape index (κ2) is 8.05. The second-order valence-electron chi connectivity index (χ2n) is 6.99. The highest BCUT2D eigenvalue weighted by Crippen LogP contribution is 2.24. The number of aryl methyl sites for hydroxylation is 1. The maximum atomic E-state index is 13.2. The molecule has 1 saturated heterocycles. The number of aromatic nitrogens is 2. The molecule has 0 bridgehead atoms. The summed E-state index contributed by atoms with van der Waals surface area (Å²) in [6, 6.07) is 9.69. The lowest BCUT2D eigenvalue weighted by Gasteiger charge is -2.27. The lowest BCUT2D eigenvalue weighted by atomic mass is 10.1. The SMILES string of the molecule is CCc1ccc(C(=O)Nc2ccc3[nH]c(=O)[nH]c3c2)cc1S(=O)(=O)N1CCOCC1. The average Bonchev–Trinajstić information content (AvgIpc) is 3.13. The Morgan fingerprint density at radius 3 is 2.57 bits per heavy atom. The van der Waals surface area contributed by atoms with Gasteiger partial charge in [-0.05, 0) is 42.3 Å². The first-order chi connectivity index (χ1) is 14.4. The van der Waals surface area contributed by atoms with Crippen molar-refractivity contribution in [3.8, 4) is 0 Å². The fourth-order valence-corrected chi connectivity index (χ4v) is 5.20. The number of carbonyl (C=O) groups excluding carboxylic acids is 1. The van der Waals surface area contributed by atoms with Crippen molar-refractivity contribution in [2.45, 2.75) is 18.2 Å². The molecule has 10 heteroatoms. The van der Waals surface area contributed by atoms with E-state index in [-0.39, 0.29) is 29.2 Å². The lowest BCUT2D eigenvalue weighted by Crippen LogP contribution is -2.41. The van der Waals surface area contributed by atoms with E-state index < -0.39 is 15.9 Å². The van der Waals surface area contributed by atoms with Gasteiger partial charge in [-0.25, -0.2) is 13.2 Å². The first-order valence-electron chi connectivity index (χ1n) is 9.62. The van der Waals surface area contributed by atoms with Gasteiger partial charge in [0.15, 0.2) is 0 Å². The molecule has 2 aromatic carbocycles. The summed E-state index contributed by atoms with van der Waals surface area (Å²) >= 11 is 0. The summed E-state index contributed by atoms with van der Waals surface area (Å²) in [7, 11) is -3.73. The number of hydrogen-bond acceptors (Lipinski definition) is 5. The normalized spacial score (nSPS) is 15.4. The number of sulfonamides is 1. The van der Waals surface area contributed by atoms with Gasteiger partial charge in [0.05, 0.1) is 29.1 Å². The van der Waals surface area contributed by atoms with Crippen LogP contribution in [0.1, 0.15) is 22.8 Å². The zero-order valence-corrected chi connectivity index (χ0v) is 17.2. The molecule has 158 valence electrons. The lowest BCUT2D eigenvalue weighted by molar-refractivity contribution is 0.0730. The van der Waals surface area contributed by atoms with Crippen LogP contribution in [0, 0.1) is 0 Å². The number of amides is 1. The van der Waals surface area contributed by atoms with E-state index in [9.17, 15) is 18.0 Å². The number of carbonyl (C=O) groups is 1. The minimum Gasteiger partial charge on any atom is -0.379 e. The van der Waals surface area contributed by atoms with Crippen LogP contribution in [0.5, 0.6) is 0 Å². The van der Waals surface area contributed by atoms with E-state index in [4.69, 9.17) is 4.74 Å². The number of rotatable bonds is 5. The molecule has 4 rings (SSSR count). The number of imidazole rings is 1. The molecule has 2 heterocycles. The molecule has 1 fully saturated rings. The predicted octanol–water partition coefficient (Wildman–Crippen LogP) is 1.69. The predicted molar refractivity (Wildman–Crippen MR) is 112 cm³/mol. The monoisotopic (exact) mass is 430 g/mol. The summed E-state index contributed by atoms with van der Waals surface area (Å²) < 4.78 is 32.9. The highest BCUT2D eigenvalue weighted by molar-refractivity contribution is 7.89. The molecule has 0 aliphatic carbocycles. The van der Waals surface area contributed by atoms with Crippen LogP contribution in [-0.4, -0.2) is 54.9 Å². The van der Waals surface area contributed by atoms with Crippen LogP contribution < -0.4 is 11.0 Å². The van der Waals surface area contributed by atoms with Crippen LogP contribution in [-0.2, 0) is 21.2 Å². The second-order valence-corrected chi connectivity index (χ2v) is 8.89. The van der Waals surface area contributed by atoms with Gasteiger partial charge in [0.25, 0.3) is 5.91 Å². The van der Waals surface area contributed by atoms with E-state index in [1.54, 1.807) is 30.3 Å². The molecule has 1 aliphatic rings. The highest BCUT2D eigenvalue weighted by atomic mass is 32.2. The van der Waals surface area contributed by atoms with Crippen LogP contribution in [0.2, 0.25) is 0 Å². The molecule has 9 nitrogen and oxygen atoms in total. The molecular weight excluding hydrogens is 408 g/mol. The molecule has 0 unspecified atom stereocenters. The Kier molecular flexibility index (Phi) is 5.46. The summed E-state index contributed by atoms with van der Waals surface area (Å²) in [4.78, 5) is 29.6. The van der Waals surface area contributed by atoms with Gasteiger partial charge in [-0.2, -0.15) is 4.31 Å². The zero-order valence-electron chi connectivity index (χ0n) is 16.4. The molecule has 0 saturated carbocycles. The van der Waals surface area contributed by atoms with Crippen LogP contribution in [0.25, 0.3) is 11.0 Å². The van der Waals surface area contributed by atoms with Gasteiger partial charge in [-0.3, -0.25) is 4.79 Å². The number of fused-ring (bicyclic) bond motifs is 1. The molecule has 1 amide bonds. The Morgan fingerprint density at radius 1 is 1.10 bits per heavy atom. The summed E-state index contributed by atoms with van der Waals surface area (Å²) in [6.07, 6.45) is 0.526. The first-order valence-corrected chi connectivity index (χ1v) is 11.1. The number of nitrogens with zero attached hydrogens (tertiary/aromatic N) is 1. The van der Waals surface area contributed by atoms with Gasteiger partial charge in [-0.1, -0.05) is 13.0 Å². The fraction of sp³-hybridized carbons (Fsp3) is 0.300. The zero-order chi connectivity index (χ0) is 21.3. The van der Waals surface area contributed by atoms with Crippen LogP contribution in [0.4, 0.5) is 5.69 Å². The molecule has 0 radical (unpaired) electrons. The average molecular weight is 430 g/mol. The number of hydrogen-bond donors (Lipinski definition) is 3. The van der Waals surface area contributed by atoms with E-state index in [0.717, 1.165) is 0 Å². The highest BCUT2D eigenvalue weighted by Gasteiger charge is 2.29. The summed E-state index contributed by atoms with van der Waals surface area (Å²) in [5.41, 5.74) is 2.24. The van der Waals surface area contributed by atoms with Crippen molar-refractivity contribution >= 4 is 32.7 Å². The summed E-state index contributed by atoms with van der Waals surface area (Å²) in [5, 5.41) is 2.75. The van der Waals surface area contributed by atoms with Crippen molar-refractivity contribution < 1.29 is 17.9 Å². The van der Waals surface area contributed by atoms with Crippen molar-refractivity contribution in [3.05, 3.63) is 58.0 Å². The maximum absolute atomic E-state index is 13.2. The van der Waals surface area contributed by atoms with E-state index in [0.29, 0.717) is 41.9 Å². The van der Waals surface area contributed by atoms with Gasteiger partial charge in [0, 0.05) is 24.3 Å². The molecule has 30 heavy (non-hydrogen) atoms. The minimum atomic E-state index is -3.73. The third kappa shape index (κ3) is 3.89. The Morgan fingerprint density at radius 2 is 1.83 bits per heavy atom. The number of ether oxygens (including phenoxy) is 1. The number of morpholine rings is 1. The van der Waals surface area contributed by atoms with Gasteiger partial charge in [-0.15, -0.1) is 0 Å². The van der Waals surface area contributed by atoms with Gasteiger partial charge in [0.2, 0.25) is 10.0 Å². The number of nitrogens with one attached hydrogen (secondary N) is 3. The topological polar surface area (TPSA) is 124 Å². The largest absolute Gasteiger partial charge is 0.379 e. The number of H-pyrrole nitrogens is 2. The molecule has 0 atom stereocenters. The molecule has 1 aliphatic heterocycles. The van der Waals surface area contributed by atoms with Gasteiger partial charge in [0.1, 0.15) is 0 Å². The number of benzene rings is 2. The van der Waals surface area contributed by atoms with Crippen LogP contribution >= 0.6 is 0 Å². The Hall–Kier alpha value is -2.95. The first kappa shape index (κ1) is 20.3. The van der Waals surface area contributed by atoms with Crippen molar-refractivity contribution in [2.75, 3.05) is 31.6 Å². The molecule has 0 spiro atoms. The van der Waals surface area contributed by atoms with Crippen molar-refractivity contribution in [1.82, 2.24) is 14.3 Å². The third-order valence-corrected chi connectivity index (χ3v) is 7.05. The van der Waals surface area contributed by atoms with Crippen LogP contribution in [0.3, 0.4) is 0 Å². The van der Waals surface area contributed by atoms with E-state index in [1.165, 1.54) is 10.4 Å². The molecular formula is C20H22N4O5S. The molecule has 3 N–H and O–H groups in total. The summed E-state index contributed by atoms with van der Waals surface area (Å²) in [5.74, 6) is -0.437. The van der Waals surface area contributed by atoms with Crippen molar-refractivity contribution in [2.24, 2.45) is 0 Å². The van der Waals surface area contributed by atoms with E-state index in [2.05, 4.69) is 15.3 Å². The van der Waals surface area contributed by atoms with Gasteiger partial charge < -0.3 is 20.0 Å². The van der Waals surface area contributed by atoms with Crippen LogP contribution in [0.15, 0.2) is 46.1 Å². The number of anilines is 1. The maximum Gasteiger partial charge on any atom is 0.323 e. The quantitative estimate of drug-likeness (QED) is 0.568. The minimum absolute atomic E-state index is 0.143. The molecule has 1 aromatic heterocycles. The van der Waals surface area contributed by atoms with Crippen molar-refractivity contribution in [3.63, 3.8) is 0 Å². The Bertz CT molecular complexity index is 1260. The third-order valence-electron chi connectivity index (χ3n) is 5.07. The van der Waals surface area contributed by atoms with Gasteiger partial charge >= 0.3 is 5.69 Å². The Balaban J connectivity index is 1.64. The number of aromatic amines is 2. The Labute approximate surface area is 173 Å². The standard InChI is InChI=1S/C20H22N4O5S/c1-2-13-3-4-14(11-18(13)30(27,28)24-7-9-29-10-8-24)19(25)21-15-5-6-16-17(12-15)23-20(26)22-16/h3-6,11-12H,2,7-10H2,1H3,(H,21,25)(H2,22,23,26). The smallest absolute Gasteiger partial charge is 0.323 e.